The van der Waals surface area contributed by atoms with Gasteiger partial charge in [0.1, 0.15) is 5.75 Å². The second-order valence-corrected chi connectivity index (χ2v) is 5.96. The largest absolute Gasteiger partial charge is 0.497 e. The van der Waals surface area contributed by atoms with Gasteiger partial charge in [-0.15, -0.1) is 0 Å². The first-order valence-corrected chi connectivity index (χ1v) is 8.96. The number of hydrogen-bond acceptors (Lipinski definition) is 4. The molecule has 1 aromatic carbocycles. The van der Waals surface area contributed by atoms with E-state index in [4.69, 9.17) is 4.74 Å². The van der Waals surface area contributed by atoms with Crippen molar-refractivity contribution in [1.82, 2.24) is 14.8 Å². The van der Waals surface area contributed by atoms with Gasteiger partial charge in [-0.05, 0) is 56.4 Å². The van der Waals surface area contributed by atoms with E-state index in [0.717, 1.165) is 26.1 Å². The van der Waals surface area contributed by atoms with Crippen LogP contribution in [-0.4, -0.2) is 48.7 Å². The Hall–Kier alpha value is -2.60. The highest BCUT2D eigenvalue weighted by Gasteiger charge is 2.09. The fourth-order valence-corrected chi connectivity index (χ4v) is 2.71. The highest BCUT2D eigenvalue weighted by atomic mass is 16.5. The first kappa shape index (κ1) is 19.7. The number of nitrogens with zero attached hydrogens (tertiary/aromatic N) is 2. The number of carbonyl (C=O) groups is 1. The Balaban J connectivity index is 2.03. The molecule has 140 valence electrons. The molecule has 26 heavy (non-hydrogen) atoms. The molecule has 0 fully saturated rings. The van der Waals surface area contributed by atoms with Crippen LogP contribution in [0.25, 0.3) is 5.69 Å². The van der Waals surface area contributed by atoms with Crippen molar-refractivity contribution >= 4 is 5.91 Å². The summed E-state index contributed by atoms with van der Waals surface area (Å²) in [6.07, 6.45) is 2.47. The lowest BCUT2D eigenvalue weighted by Crippen LogP contribution is -2.30. The number of ether oxygens (including phenoxy) is 1. The molecule has 1 heterocycles. The number of pyridine rings is 1. The van der Waals surface area contributed by atoms with Crippen LogP contribution in [0.3, 0.4) is 0 Å². The predicted octanol–water partition coefficient (Wildman–Crippen LogP) is 2.31. The quantitative estimate of drug-likeness (QED) is 0.700. The maximum atomic E-state index is 12.4. The summed E-state index contributed by atoms with van der Waals surface area (Å²) in [5.74, 6) is 0.538. The van der Waals surface area contributed by atoms with Crippen LogP contribution < -0.4 is 15.6 Å². The minimum Gasteiger partial charge on any atom is -0.497 e. The molecule has 1 N–H and O–H groups in total. The molecule has 0 saturated carbocycles. The smallest absolute Gasteiger partial charge is 0.255 e. The predicted molar refractivity (Wildman–Crippen MR) is 103 cm³/mol. The third-order valence-electron chi connectivity index (χ3n) is 4.35. The summed E-state index contributed by atoms with van der Waals surface area (Å²) in [4.78, 5) is 26.8. The Bertz CT molecular complexity index is 765. The van der Waals surface area contributed by atoms with Crippen molar-refractivity contribution in [3.63, 3.8) is 0 Å². The lowest BCUT2D eigenvalue weighted by molar-refractivity contribution is 0.0951. The van der Waals surface area contributed by atoms with E-state index in [1.54, 1.807) is 43.6 Å². The molecule has 6 heteroatoms. The molecule has 2 aromatic rings. The number of rotatable bonds is 9. The van der Waals surface area contributed by atoms with Gasteiger partial charge in [0.2, 0.25) is 0 Å². The lowest BCUT2D eigenvalue weighted by atomic mass is 10.2. The van der Waals surface area contributed by atoms with E-state index < -0.39 is 0 Å². The molecule has 0 saturated heterocycles. The number of amides is 1. The molecule has 0 aliphatic rings. The van der Waals surface area contributed by atoms with Crippen LogP contribution in [0.4, 0.5) is 0 Å². The summed E-state index contributed by atoms with van der Waals surface area (Å²) in [5, 5.41) is 2.92. The van der Waals surface area contributed by atoms with Crippen LogP contribution in [-0.2, 0) is 0 Å². The fourth-order valence-electron chi connectivity index (χ4n) is 2.71. The van der Waals surface area contributed by atoms with E-state index >= 15 is 0 Å². The van der Waals surface area contributed by atoms with Crippen LogP contribution in [0.5, 0.6) is 5.75 Å². The first-order chi connectivity index (χ1) is 12.6. The van der Waals surface area contributed by atoms with E-state index in [0.29, 0.717) is 23.5 Å². The number of aromatic nitrogens is 1. The van der Waals surface area contributed by atoms with Crippen molar-refractivity contribution in [3.05, 3.63) is 58.5 Å². The fraction of sp³-hybridized carbons (Fsp3) is 0.400. The highest BCUT2D eigenvalue weighted by Crippen LogP contribution is 2.14. The molecule has 0 aliphatic carbocycles. The molecule has 0 spiro atoms. The van der Waals surface area contributed by atoms with E-state index in [1.165, 1.54) is 10.6 Å². The molecule has 0 aliphatic heterocycles. The van der Waals surface area contributed by atoms with Crippen molar-refractivity contribution in [3.8, 4) is 11.4 Å². The van der Waals surface area contributed by atoms with Crippen molar-refractivity contribution in [1.29, 1.82) is 0 Å². The zero-order valence-corrected chi connectivity index (χ0v) is 15.7. The molecule has 0 atom stereocenters. The van der Waals surface area contributed by atoms with E-state index in [-0.39, 0.29) is 11.5 Å². The minimum absolute atomic E-state index is 0.174. The first-order valence-electron chi connectivity index (χ1n) is 8.96. The second-order valence-electron chi connectivity index (χ2n) is 5.96. The van der Waals surface area contributed by atoms with Crippen LogP contribution in [0, 0.1) is 0 Å². The standard InChI is InChI=1S/C20H27N3O3/c1-4-22(5-2)14-6-13-21-20(25)16-7-12-19(24)23(15-16)17-8-10-18(26-3)11-9-17/h7-12,15H,4-6,13-14H2,1-3H3,(H,21,25). The van der Waals surface area contributed by atoms with Gasteiger partial charge in [0, 0.05) is 24.5 Å². The summed E-state index contributed by atoms with van der Waals surface area (Å²) in [5.41, 5.74) is 0.962. The summed E-state index contributed by atoms with van der Waals surface area (Å²) >= 11 is 0. The van der Waals surface area contributed by atoms with Gasteiger partial charge in [0.15, 0.2) is 0 Å². The van der Waals surface area contributed by atoms with Gasteiger partial charge < -0.3 is 15.0 Å². The van der Waals surface area contributed by atoms with Gasteiger partial charge >= 0.3 is 0 Å². The molecule has 0 bridgehead atoms. The lowest BCUT2D eigenvalue weighted by Gasteiger charge is -2.17. The Morgan fingerprint density at radius 3 is 2.42 bits per heavy atom. The second kappa shape index (κ2) is 9.77. The maximum Gasteiger partial charge on any atom is 0.255 e. The van der Waals surface area contributed by atoms with E-state index in [9.17, 15) is 9.59 Å². The number of benzene rings is 1. The monoisotopic (exact) mass is 357 g/mol. The average molecular weight is 357 g/mol. The molecular formula is C20H27N3O3. The molecule has 1 aromatic heterocycles. The van der Waals surface area contributed by atoms with Gasteiger partial charge in [-0.2, -0.15) is 0 Å². The number of hydrogen-bond donors (Lipinski definition) is 1. The topological polar surface area (TPSA) is 63.6 Å². The third-order valence-corrected chi connectivity index (χ3v) is 4.35. The van der Waals surface area contributed by atoms with Crippen LogP contribution in [0.15, 0.2) is 47.4 Å². The Morgan fingerprint density at radius 2 is 1.81 bits per heavy atom. The minimum atomic E-state index is -0.187. The van der Waals surface area contributed by atoms with Gasteiger partial charge in [0.05, 0.1) is 12.7 Å². The van der Waals surface area contributed by atoms with Crippen molar-refractivity contribution < 1.29 is 9.53 Å². The van der Waals surface area contributed by atoms with Crippen LogP contribution in [0.1, 0.15) is 30.6 Å². The molecule has 0 radical (unpaired) electrons. The summed E-state index contributed by atoms with van der Waals surface area (Å²) in [6, 6.07) is 10.1. The average Bonchev–Trinajstić information content (AvgIpc) is 2.68. The number of carbonyl (C=O) groups excluding carboxylic acids is 1. The highest BCUT2D eigenvalue weighted by molar-refractivity contribution is 5.93. The van der Waals surface area contributed by atoms with Crippen molar-refractivity contribution in [2.75, 3.05) is 33.3 Å². The molecule has 2 rings (SSSR count). The molecule has 6 nitrogen and oxygen atoms in total. The van der Waals surface area contributed by atoms with E-state index in [2.05, 4.69) is 24.1 Å². The van der Waals surface area contributed by atoms with Crippen molar-refractivity contribution in [2.45, 2.75) is 20.3 Å². The van der Waals surface area contributed by atoms with E-state index in [1.807, 2.05) is 0 Å². The van der Waals surface area contributed by atoms with Gasteiger partial charge in [-0.1, -0.05) is 13.8 Å². The summed E-state index contributed by atoms with van der Waals surface area (Å²) in [6.45, 7) is 7.85. The maximum absolute atomic E-state index is 12.4. The molecular weight excluding hydrogens is 330 g/mol. The number of methoxy groups -OCH3 is 1. The zero-order valence-electron chi connectivity index (χ0n) is 15.7. The molecule has 0 unspecified atom stereocenters. The number of nitrogens with one attached hydrogen (secondary N) is 1. The summed E-state index contributed by atoms with van der Waals surface area (Å²) < 4.78 is 6.59. The SMILES string of the molecule is CCN(CC)CCCNC(=O)c1ccc(=O)n(-c2ccc(OC)cc2)c1. The third kappa shape index (κ3) is 5.20. The van der Waals surface area contributed by atoms with Gasteiger partial charge in [-0.3, -0.25) is 14.2 Å². The zero-order chi connectivity index (χ0) is 18.9. The molecule has 1 amide bonds. The van der Waals surface area contributed by atoms with Gasteiger partial charge in [-0.25, -0.2) is 0 Å². The Labute approximate surface area is 154 Å². The van der Waals surface area contributed by atoms with Crippen LogP contribution in [0.2, 0.25) is 0 Å². The normalized spacial score (nSPS) is 10.8. The van der Waals surface area contributed by atoms with Gasteiger partial charge in [0.25, 0.3) is 11.5 Å². The summed E-state index contributed by atoms with van der Waals surface area (Å²) in [7, 11) is 1.59. The Morgan fingerprint density at radius 1 is 1.12 bits per heavy atom. The van der Waals surface area contributed by atoms with Crippen molar-refractivity contribution in [2.24, 2.45) is 0 Å². The Kier molecular flexibility index (Phi) is 7.41. The van der Waals surface area contributed by atoms with Crippen LogP contribution >= 0.6 is 0 Å².